The Labute approximate surface area is 121 Å². The molecule has 20 heavy (non-hydrogen) atoms. The molecule has 1 aliphatic carbocycles. The van der Waals surface area contributed by atoms with Crippen LogP contribution in [0.4, 0.5) is 0 Å². The highest BCUT2D eigenvalue weighted by Gasteiger charge is 2.37. The lowest BCUT2D eigenvalue weighted by Crippen LogP contribution is -2.38. The first-order chi connectivity index (χ1) is 9.53. The number of hydrogen-bond donors (Lipinski definition) is 1. The molecule has 1 N–H and O–H groups in total. The predicted octanol–water partition coefficient (Wildman–Crippen LogP) is 3.23. The molecule has 114 valence electrons. The van der Waals surface area contributed by atoms with Crippen LogP contribution in [0.1, 0.15) is 58.3 Å². The van der Waals surface area contributed by atoms with Crippen molar-refractivity contribution in [1.29, 1.82) is 0 Å². The SMILES string of the molecule is C=CCN(CCC)C(=O)CC1(CC(=O)O)CCCCC1. The van der Waals surface area contributed by atoms with E-state index in [9.17, 15) is 9.59 Å². The highest BCUT2D eigenvalue weighted by atomic mass is 16.4. The van der Waals surface area contributed by atoms with Crippen molar-refractivity contribution in [2.24, 2.45) is 5.41 Å². The number of aliphatic carboxylic acids is 1. The average Bonchev–Trinajstić information content (AvgIpc) is 2.38. The minimum absolute atomic E-state index is 0.0786. The molecule has 0 bridgehead atoms. The average molecular weight is 281 g/mol. The van der Waals surface area contributed by atoms with E-state index in [4.69, 9.17) is 5.11 Å². The van der Waals surface area contributed by atoms with Gasteiger partial charge in [-0.1, -0.05) is 32.3 Å². The Morgan fingerprint density at radius 3 is 2.40 bits per heavy atom. The molecule has 0 aromatic carbocycles. The number of rotatable bonds is 8. The lowest BCUT2D eigenvalue weighted by molar-refractivity contribution is -0.142. The summed E-state index contributed by atoms with van der Waals surface area (Å²) in [5.41, 5.74) is -0.325. The lowest BCUT2D eigenvalue weighted by Gasteiger charge is -2.37. The number of carbonyl (C=O) groups is 2. The molecule has 0 aromatic heterocycles. The maximum atomic E-state index is 12.5. The first-order valence-electron chi connectivity index (χ1n) is 7.63. The van der Waals surface area contributed by atoms with Crippen molar-refractivity contribution in [3.8, 4) is 0 Å². The van der Waals surface area contributed by atoms with Gasteiger partial charge in [0, 0.05) is 19.5 Å². The first-order valence-corrected chi connectivity index (χ1v) is 7.63. The summed E-state index contributed by atoms with van der Waals surface area (Å²) in [5.74, 6) is -0.708. The maximum Gasteiger partial charge on any atom is 0.303 e. The summed E-state index contributed by atoms with van der Waals surface area (Å²) in [5, 5.41) is 9.15. The Bertz CT molecular complexity index is 346. The van der Waals surface area contributed by atoms with Crippen molar-refractivity contribution in [3.05, 3.63) is 12.7 Å². The fraction of sp³-hybridized carbons (Fsp3) is 0.750. The molecule has 0 saturated heterocycles. The van der Waals surface area contributed by atoms with E-state index in [0.29, 0.717) is 19.5 Å². The van der Waals surface area contributed by atoms with Crippen molar-refractivity contribution in [3.63, 3.8) is 0 Å². The van der Waals surface area contributed by atoms with E-state index in [-0.39, 0.29) is 17.7 Å². The van der Waals surface area contributed by atoms with Gasteiger partial charge in [-0.2, -0.15) is 0 Å². The summed E-state index contributed by atoms with van der Waals surface area (Å²) in [7, 11) is 0. The molecule has 1 rings (SSSR count). The van der Waals surface area contributed by atoms with Gasteiger partial charge in [0.15, 0.2) is 0 Å². The fourth-order valence-electron chi connectivity index (χ4n) is 3.21. The number of nitrogens with zero attached hydrogens (tertiary/aromatic N) is 1. The zero-order valence-corrected chi connectivity index (χ0v) is 12.6. The van der Waals surface area contributed by atoms with Crippen LogP contribution < -0.4 is 0 Å². The third-order valence-electron chi connectivity index (χ3n) is 4.16. The summed E-state index contributed by atoms with van der Waals surface area (Å²) >= 11 is 0. The van der Waals surface area contributed by atoms with Crippen LogP contribution in [-0.4, -0.2) is 35.0 Å². The molecule has 4 heteroatoms. The fourth-order valence-corrected chi connectivity index (χ4v) is 3.21. The predicted molar refractivity (Wildman–Crippen MR) is 79.5 cm³/mol. The summed E-state index contributed by atoms with van der Waals surface area (Å²) in [6, 6.07) is 0. The van der Waals surface area contributed by atoms with Gasteiger partial charge in [-0.25, -0.2) is 0 Å². The van der Waals surface area contributed by atoms with Crippen LogP contribution >= 0.6 is 0 Å². The van der Waals surface area contributed by atoms with Crippen LogP contribution in [0.3, 0.4) is 0 Å². The van der Waals surface area contributed by atoms with E-state index < -0.39 is 5.97 Å². The molecule has 4 nitrogen and oxygen atoms in total. The minimum atomic E-state index is -0.787. The second-order valence-electron chi connectivity index (χ2n) is 5.94. The Morgan fingerprint density at radius 2 is 1.90 bits per heavy atom. The molecule has 0 unspecified atom stereocenters. The van der Waals surface area contributed by atoms with Crippen molar-refractivity contribution < 1.29 is 14.7 Å². The van der Waals surface area contributed by atoms with E-state index in [2.05, 4.69) is 6.58 Å². The zero-order valence-electron chi connectivity index (χ0n) is 12.6. The van der Waals surface area contributed by atoms with E-state index in [0.717, 1.165) is 38.5 Å². The van der Waals surface area contributed by atoms with Crippen LogP contribution in [0.15, 0.2) is 12.7 Å². The summed E-state index contributed by atoms with van der Waals surface area (Å²) in [6.07, 6.45) is 8.08. The number of carboxylic acid groups (broad SMARTS) is 1. The van der Waals surface area contributed by atoms with E-state index >= 15 is 0 Å². The molecule has 1 aliphatic rings. The summed E-state index contributed by atoms with van der Waals surface area (Å²) in [6.45, 7) is 7.00. The molecule has 0 heterocycles. The molecular formula is C16H27NO3. The number of amides is 1. The van der Waals surface area contributed by atoms with E-state index in [1.807, 2.05) is 6.92 Å². The van der Waals surface area contributed by atoms with Crippen LogP contribution in [0, 0.1) is 5.41 Å². The summed E-state index contributed by atoms with van der Waals surface area (Å²) in [4.78, 5) is 25.4. The van der Waals surface area contributed by atoms with Gasteiger partial charge in [0.05, 0.1) is 6.42 Å². The standard InChI is InChI=1S/C16H27NO3/c1-3-10-17(11-4-2)14(18)12-16(13-15(19)20)8-6-5-7-9-16/h3H,1,4-13H2,2H3,(H,19,20). The zero-order chi connectivity index (χ0) is 15.0. The lowest BCUT2D eigenvalue weighted by atomic mass is 9.69. The molecule has 0 radical (unpaired) electrons. The Balaban J connectivity index is 2.74. The van der Waals surface area contributed by atoms with Crippen molar-refractivity contribution in [2.75, 3.05) is 13.1 Å². The number of hydrogen-bond acceptors (Lipinski definition) is 2. The van der Waals surface area contributed by atoms with Gasteiger partial charge < -0.3 is 10.0 Å². The van der Waals surface area contributed by atoms with Gasteiger partial charge in [-0.3, -0.25) is 9.59 Å². The number of carbonyl (C=O) groups excluding carboxylic acids is 1. The molecular weight excluding hydrogens is 254 g/mol. The van der Waals surface area contributed by atoms with Crippen LogP contribution in [0.25, 0.3) is 0 Å². The third-order valence-corrected chi connectivity index (χ3v) is 4.16. The molecule has 0 aliphatic heterocycles. The molecule has 1 fully saturated rings. The highest BCUT2D eigenvalue weighted by molar-refractivity contribution is 5.78. The molecule has 0 aromatic rings. The Hall–Kier alpha value is -1.32. The molecule has 0 spiro atoms. The van der Waals surface area contributed by atoms with Crippen molar-refractivity contribution >= 4 is 11.9 Å². The van der Waals surface area contributed by atoms with Crippen molar-refractivity contribution in [1.82, 2.24) is 4.90 Å². The smallest absolute Gasteiger partial charge is 0.303 e. The monoisotopic (exact) mass is 281 g/mol. The van der Waals surface area contributed by atoms with E-state index in [1.54, 1.807) is 11.0 Å². The van der Waals surface area contributed by atoms with Gasteiger partial charge in [0.1, 0.15) is 0 Å². The molecule has 1 saturated carbocycles. The second kappa shape index (κ2) is 8.08. The number of carboxylic acids is 1. The normalized spacial score (nSPS) is 17.4. The molecule has 1 amide bonds. The van der Waals surface area contributed by atoms with Crippen molar-refractivity contribution in [2.45, 2.75) is 58.3 Å². The quantitative estimate of drug-likeness (QED) is 0.695. The second-order valence-corrected chi connectivity index (χ2v) is 5.94. The highest BCUT2D eigenvalue weighted by Crippen LogP contribution is 2.42. The van der Waals surface area contributed by atoms with Crippen LogP contribution in [0.5, 0.6) is 0 Å². The van der Waals surface area contributed by atoms with Gasteiger partial charge in [-0.15, -0.1) is 6.58 Å². The van der Waals surface area contributed by atoms with Gasteiger partial charge >= 0.3 is 5.97 Å². The maximum absolute atomic E-state index is 12.5. The topological polar surface area (TPSA) is 57.6 Å². The van der Waals surface area contributed by atoms with Gasteiger partial charge in [0.25, 0.3) is 0 Å². The van der Waals surface area contributed by atoms with Gasteiger partial charge in [-0.05, 0) is 24.7 Å². The van der Waals surface area contributed by atoms with Crippen LogP contribution in [0.2, 0.25) is 0 Å². The summed E-state index contributed by atoms with van der Waals surface area (Å²) < 4.78 is 0. The largest absolute Gasteiger partial charge is 0.481 e. The van der Waals surface area contributed by atoms with E-state index in [1.165, 1.54) is 0 Å². The third kappa shape index (κ3) is 4.99. The molecule has 0 atom stereocenters. The first kappa shape index (κ1) is 16.7. The van der Waals surface area contributed by atoms with Crippen LogP contribution in [-0.2, 0) is 9.59 Å². The Morgan fingerprint density at radius 1 is 1.25 bits per heavy atom. The Kier molecular flexibility index (Phi) is 6.76. The minimum Gasteiger partial charge on any atom is -0.481 e. The van der Waals surface area contributed by atoms with Gasteiger partial charge in [0.2, 0.25) is 5.91 Å².